The van der Waals surface area contributed by atoms with E-state index in [-0.39, 0.29) is 22.1 Å². The molecule has 0 aliphatic carbocycles. The minimum absolute atomic E-state index is 0.0182. The van der Waals surface area contributed by atoms with Gasteiger partial charge in [0, 0.05) is 16.6 Å². The molecule has 0 fully saturated rings. The van der Waals surface area contributed by atoms with Crippen molar-refractivity contribution in [3.63, 3.8) is 0 Å². The van der Waals surface area contributed by atoms with Gasteiger partial charge in [-0.05, 0) is 18.2 Å². The van der Waals surface area contributed by atoms with Gasteiger partial charge in [0.15, 0.2) is 0 Å². The number of sulfonamides is 1. The zero-order valence-corrected chi connectivity index (χ0v) is 16.3. The maximum Gasteiger partial charge on any atom is 0.265 e. The van der Waals surface area contributed by atoms with Gasteiger partial charge >= 0.3 is 0 Å². The van der Waals surface area contributed by atoms with Crippen LogP contribution in [0.3, 0.4) is 0 Å². The molecular weight excluding hydrogens is 422 g/mol. The van der Waals surface area contributed by atoms with E-state index >= 15 is 0 Å². The first kappa shape index (κ1) is 18.7. The summed E-state index contributed by atoms with van der Waals surface area (Å²) in [4.78, 5) is -0.0182. The molecule has 0 spiro atoms. The lowest BCUT2D eigenvalue weighted by atomic mass is 10.3. The summed E-state index contributed by atoms with van der Waals surface area (Å²) in [7, 11) is 0.310. The highest BCUT2D eigenvalue weighted by atomic mass is 79.9. The zero-order chi connectivity index (χ0) is 17.9. The molecule has 0 aliphatic heterocycles. The predicted octanol–water partition coefficient (Wildman–Crippen LogP) is 3.93. The number of ether oxygens (including phenoxy) is 3. The molecule has 0 heterocycles. The molecule has 0 radical (unpaired) electrons. The average Bonchev–Trinajstić information content (AvgIpc) is 2.55. The molecule has 24 heavy (non-hydrogen) atoms. The SMILES string of the molecule is COc1cc(NS(=O)(=O)c2cc(Br)ccc2OC)c(OC)cc1Cl. The van der Waals surface area contributed by atoms with Gasteiger partial charge in [-0.15, -0.1) is 0 Å². The van der Waals surface area contributed by atoms with Crippen LogP contribution in [-0.2, 0) is 10.0 Å². The molecule has 0 saturated heterocycles. The van der Waals surface area contributed by atoms with Crippen LogP contribution in [0.1, 0.15) is 0 Å². The van der Waals surface area contributed by atoms with Crippen molar-refractivity contribution in [3.05, 3.63) is 39.8 Å². The lowest BCUT2D eigenvalue weighted by molar-refractivity contribution is 0.402. The Morgan fingerprint density at radius 1 is 0.958 bits per heavy atom. The van der Waals surface area contributed by atoms with Gasteiger partial charge in [0.1, 0.15) is 22.1 Å². The van der Waals surface area contributed by atoms with E-state index in [1.165, 1.54) is 39.5 Å². The van der Waals surface area contributed by atoms with Gasteiger partial charge in [0.2, 0.25) is 0 Å². The van der Waals surface area contributed by atoms with Crippen LogP contribution >= 0.6 is 27.5 Å². The van der Waals surface area contributed by atoms with E-state index in [2.05, 4.69) is 20.7 Å². The second kappa shape index (κ2) is 7.50. The Morgan fingerprint density at radius 3 is 2.17 bits per heavy atom. The van der Waals surface area contributed by atoms with Crippen molar-refractivity contribution < 1.29 is 22.6 Å². The third-order valence-electron chi connectivity index (χ3n) is 3.13. The summed E-state index contributed by atoms with van der Waals surface area (Å²) in [6.07, 6.45) is 0. The van der Waals surface area contributed by atoms with Gasteiger partial charge in [-0.25, -0.2) is 8.42 Å². The third-order valence-corrected chi connectivity index (χ3v) is 5.31. The average molecular weight is 437 g/mol. The van der Waals surface area contributed by atoms with Crippen LogP contribution in [0.25, 0.3) is 0 Å². The Hall–Kier alpha value is -1.64. The molecule has 0 aliphatic rings. The van der Waals surface area contributed by atoms with E-state index in [9.17, 15) is 8.42 Å². The van der Waals surface area contributed by atoms with E-state index in [0.717, 1.165) is 0 Å². The Balaban J connectivity index is 2.52. The molecule has 1 N–H and O–H groups in total. The van der Waals surface area contributed by atoms with Crippen molar-refractivity contribution in [2.45, 2.75) is 4.90 Å². The first-order valence-corrected chi connectivity index (χ1v) is 9.25. The van der Waals surface area contributed by atoms with E-state index in [1.54, 1.807) is 12.1 Å². The molecule has 130 valence electrons. The molecule has 2 aromatic rings. The van der Waals surface area contributed by atoms with E-state index in [1.807, 2.05) is 0 Å². The molecule has 0 amide bonds. The minimum Gasteiger partial charge on any atom is -0.495 e. The summed E-state index contributed by atoms with van der Waals surface area (Å²) in [5, 5.41) is 0.303. The third kappa shape index (κ3) is 3.88. The lowest BCUT2D eigenvalue weighted by Crippen LogP contribution is -2.15. The molecule has 0 aromatic heterocycles. The largest absolute Gasteiger partial charge is 0.495 e. The van der Waals surface area contributed by atoms with Gasteiger partial charge in [-0.3, -0.25) is 4.72 Å². The summed E-state index contributed by atoms with van der Waals surface area (Å²) < 4.78 is 44.0. The molecule has 9 heteroatoms. The summed E-state index contributed by atoms with van der Waals surface area (Å²) in [5.74, 6) is 0.792. The fraction of sp³-hybridized carbons (Fsp3) is 0.200. The Labute approximate surface area is 153 Å². The van der Waals surface area contributed by atoms with Crippen molar-refractivity contribution >= 4 is 43.2 Å². The number of hydrogen-bond acceptors (Lipinski definition) is 5. The highest BCUT2D eigenvalue weighted by Gasteiger charge is 2.22. The number of methoxy groups -OCH3 is 3. The van der Waals surface area contributed by atoms with Crippen LogP contribution < -0.4 is 18.9 Å². The van der Waals surface area contributed by atoms with E-state index < -0.39 is 10.0 Å². The highest BCUT2D eigenvalue weighted by molar-refractivity contribution is 9.10. The monoisotopic (exact) mass is 435 g/mol. The van der Waals surface area contributed by atoms with Gasteiger partial charge in [-0.2, -0.15) is 0 Å². The smallest absolute Gasteiger partial charge is 0.265 e. The molecule has 6 nitrogen and oxygen atoms in total. The second-order valence-electron chi connectivity index (χ2n) is 4.59. The number of benzene rings is 2. The number of nitrogens with one attached hydrogen (secondary N) is 1. The van der Waals surface area contributed by atoms with Crippen molar-refractivity contribution in [3.8, 4) is 17.2 Å². The predicted molar refractivity (Wildman–Crippen MR) is 96.1 cm³/mol. The van der Waals surface area contributed by atoms with Crippen LogP contribution in [0.4, 0.5) is 5.69 Å². The van der Waals surface area contributed by atoms with Gasteiger partial charge in [0.25, 0.3) is 10.0 Å². The van der Waals surface area contributed by atoms with Crippen molar-refractivity contribution in [2.24, 2.45) is 0 Å². The van der Waals surface area contributed by atoms with Gasteiger partial charge < -0.3 is 14.2 Å². The van der Waals surface area contributed by atoms with E-state index in [0.29, 0.717) is 15.2 Å². The molecule has 0 unspecified atom stereocenters. The second-order valence-corrected chi connectivity index (χ2v) is 7.56. The maximum atomic E-state index is 12.7. The Kier molecular flexibility index (Phi) is 5.84. The van der Waals surface area contributed by atoms with Crippen molar-refractivity contribution in [2.75, 3.05) is 26.1 Å². The first-order valence-electron chi connectivity index (χ1n) is 6.60. The fourth-order valence-electron chi connectivity index (χ4n) is 2.00. The normalized spacial score (nSPS) is 11.0. The Morgan fingerprint density at radius 2 is 1.58 bits per heavy atom. The zero-order valence-electron chi connectivity index (χ0n) is 13.1. The molecule has 0 atom stereocenters. The first-order chi connectivity index (χ1) is 11.3. The minimum atomic E-state index is -3.93. The van der Waals surface area contributed by atoms with Crippen LogP contribution in [0.5, 0.6) is 17.2 Å². The van der Waals surface area contributed by atoms with Crippen LogP contribution in [0.15, 0.2) is 39.7 Å². The fourth-order valence-corrected chi connectivity index (χ4v) is 4.00. The van der Waals surface area contributed by atoms with Crippen LogP contribution in [0, 0.1) is 0 Å². The number of rotatable bonds is 6. The van der Waals surface area contributed by atoms with Crippen molar-refractivity contribution in [1.29, 1.82) is 0 Å². The van der Waals surface area contributed by atoms with Crippen LogP contribution in [0.2, 0.25) is 5.02 Å². The molecular formula is C15H15BrClNO5S. The number of hydrogen-bond donors (Lipinski definition) is 1. The summed E-state index contributed by atoms with van der Waals surface area (Å²) in [5.41, 5.74) is 0.195. The molecule has 0 bridgehead atoms. The highest BCUT2D eigenvalue weighted by Crippen LogP contribution is 2.38. The summed E-state index contributed by atoms with van der Waals surface area (Å²) >= 11 is 9.28. The Bertz CT molecular complexity index is 857. The topological polar surface area (TPSA) is 73.9 Å². The quantitative estimate of drug-likeness (QED) is 0.743. The lowest BCUT2D eigenvalue weighted by Gasteiger charge is -2.15. The van der Waals surface area contributed by atoms with Crippen molar-refractivity contribution in [1.82, 2.24) is 0 Å². The van der Waals surface area contributed by atoms with E-state index in [4.69, 9.17) is 25.8 Å². The number of anilines is 1. The molecule has 2 aromatic carbocycles. The number of halogens is 2. The van der Waals surface area contributed by atoms with Crippen LogP contribution in [-0.4, -0.2) is 29.7 Å². The standard InChI is InChI=1S/C15H15BrClNO5S/c1-21-12-5-4-9(16)6-15(12)24(19,20)18-11-8-13(22-2)10(17)7-14(11)23-3/h4-8,18H,1-3H3. The van der Waals surface area contributed by atoms with Gasteiger partial charge in [0.05, 0.1) is 32.0 Å². The maximum absolute atomic E-state index is 12.7. The van der Waals surface area contributed by atoms with Gasteiger partial charge in [-0.1, -0.05) is 27.5 Å². The molecule has 0 saturated carbocycles. The molecule has 2 rings (SSSR count). The summed E-state index contributed by atoms with van der Waals surface area (Å²) in [6.45, 7) is 0. The summed E-state index contributed by atoms with van der Waals surface area (Å²) in [6, 6.07) is 7.60.